The number of rotatable bonds is 4. The van der Waals surface area contributed by atoms with Gasteiger partial charge < -0.3 is 10.2 Å². The lowest BCUT2D eigenvalue weighted by molar-refractivity contribution is 1.05. The highest BCUT2D eigenvalue weighted by molar-refractivity contribution is 5.59. The van der Waals surface area contributed by atoms with E-state index in [0.717, 1.165) is 17.8 Å². The predicted octanol–water partition coefficient (Wildman–Crippen LogP) is 2.46. The summed E-state index contributed by atoms with van der Waals surface area (Å²) < 4.78 is 0. The summed E-state index contributed by atoms with van der Waals surface area (Å²) in [6.07, 6.45) is 5.19. The van der Waals surface area contributed by atoms with Gasteiger partial charge in [0.2, 0.25) is 0 Å². The van der Waals surface area contributed by atoms with Gasteiger partial charge in [0.25, 0.3) is 0 Å². The highest BCUT2D eigenvalue weighted by Crippen LogP contribution is 2.21. The van der Waals surface area contributed by atoms with Crippen LogP contribution in [0.25, 0.3) is 0 Å². The first kappa shape index (κ1) is 12.4. The van der Waals surface area contributed by atoms with Gasteiger partial charge in [-0.25, -0.2) is 9.97 Å². The van der Waals surface area contributed by atoms with E-state index in [9.17, 15) is 0 Å². The standard InChI is InChI=1S/C14H18N4/c1-11-6-13(18(2)3)4-5-14(11)17-9-12-7-15-10-16-8-12/h4-8,10,17H,9H2,1-3H3. The van der Waals surface area contributed by atoms with Crippen LogP contribution in [0.1, 0.15) is 11.1 Å². The van der Waals surface area contributed by atoms with Gasteiger partial charge in [0.1, 0.15) is 6.33 Å². The molecule has 0 fully saturated rings. The fourth-order valence-electron chi connectivity index (χ4n) is 1.74. The number of nitrogens with one attached hydrogen (secondary N) is 1. The second-order valence-corrected chi connectivity index (χ2v) is 4.49. The molecule has 1 aromatic carbocycles. The lowest BCUT2D eigenvalue weighted by Gasteiger charge is -2.16. The first-order chi connectivity index (χ1) is 8.66. The number of aryl methyl sites for hydroxylation is 1. The number of aromatic nitrogens is 2. The fraction of sp³-hybridized carbons (Fsp3) is 0.286. The highest BCUT2D eigenvalue weighted by atomic mass is 15.1. The number of benzene rings is 1. The van der Waals surface area contributed by atoms with Crippen LogP contribution in [0.3, 0.4) is 0 Å². The number of anilines is 2. The van der Waals surface area contributed by atoms with Gasteiger partial charge >= 0.3 is 0 Å². The average Bonchev–Trinajstić information content (AvgIpc) is 2.38. The molecular weight excluding hydrogens is 224 g/mol. The molecule has 0 radical (unpaired) electrons. The monoisotopic (exact) mass is 242 g/mol. The molecule has 0 atom stereocenters. The molecule has 1 aromatic heterocycles. The molecule has 0 bridgehead atoms. The lowest BCUT2D eigenvalue weighted by atomic mass is 10.1. The first-order valence-electron chi connectivity index (χ1n) is 5.92. The second kappa shape index (κ2) is 5.49. The third-order valence-corrected chi connectivity index (χ3v) is 2.82. The number of nitrogens with zero attached hydrogens (tertiary/aromatic N) is 3. The smallest absolute Gasteiger partial charge is 0.115 e. The average molecular weight is 242 g/mol. The zero-order chi connectivity index (χ0) is 13.0. The van der Waals surface area contributed by atoms with Crippen molar-refractivity contribution < 1.29 is 0 Å². The predicted molar refractivity (Wildman–Crippen MR) is 74.9 cm³/mol. The van der Waals surface area contributed by atoms with Gasteiger partial charge in [-0.05, 0) is 30.7 Å². The molecule has 0 amide bonds. The number of hydrogen-bond acceptors (Lipinski definition) is 4. The summed E-state index contributed by atoms with van der Waals surface area (Å²) in [5.41, 5.74) is 4.66. The van der Waals surface area contributed by atoms with Crippen LogP contribution in [0.4, 0.5) is 11.4 Å². The summed E-state index contributed by atoms with van der Waals surface area (Å²) in [5, 5.41) is 3.40. The third kappa shape index (κ3) is 2.97. The SMILES string of the molecule is Cc1cc(N(C)C)ccc1NCc1cncnc1. The molecule has 0 spiro atoms. The van der Waals surface area contributed by atoms with Crippen molar-refractivity contribution in [3.8, 4) is 0 Å². The van der Waals surface area contributed by atoms with Crippen LogP contribution in [0.5, 0.6) is 0 Å². The molecule has 0 aliphatic carbocycles. The molecule has 1 N–H and O–H groups in total. The highest BCUT2D eigenvalue weighted by Gasteiger charge is 2.01. The van der Waals surface area contributed by atoms with E-state index in [1.165, 1.54) is 11.3 Å². The van der Waals surface area contributed by atoms with Crippen LogP contribution >= 0.6 is 0 Å². The van der Waals surface area contributed by atoms with Crippen molar-refractivity contribution in [3.05, 3.63) is 48.0 Å². The van der Waals surface area contributed by atoms with Crippen molar-refractivity contribution in [2.45, 2.75) is 13.5 Å². The molecule has 0 aliphatic rings. The minimum Gasteiger partial charge on any atom is -0.381 e. The molecule has 4 nitrogen and oxygen atoms in total. The van der Waals surface area contributed by atoms with Crippen LogP contribution in [-0.2, 0) is 6.54 Å². The van der Waals surface area contributed by atoms with Crippen LogP contribution in [-0.4, -0.2) is 24.1 Å². The maximum Gasteiger partial charge on any atom is 0.115 e. The molecule has 18 heavy (non-hydrogen) atoms. The van der Waals surface area contributed by atoms with Crippen LogP contribution in [0.15, 0.2) is 36.9 Å². The summed E-state index contributed by atoms with van der Waals surface area (Å²) in [6.45, 7) is 2.85. The molecule has 94 valence electrons. The van der Waals surface area contributed by atoms with Gasteiger partial charge in [0, 0.05) is 50.0 Å². The molecule has 0 unspecified atom stereocenters. The second-order valence-electron chi connectivity index (χ2n) is 4.49. The fourth-order valence-corrected chi connectivity index (χ4v) is 1.74. The van der Waals surface area contributed by atoms with E-state index in [1.54, 1.807) is 6.33 Å². The van der Waals surface area contributed by atoms with E-state index in [2.05, 4.69) is 45.3 Å². The lowest BCUT2D eigenvalue weighted by Crippen LogP contribution is -2.09. The van der Waals surface area contributed by atoms with Crippen molar-refractivity contribution in [2.24, 2.45) is 0 Å². The van der Waals surface area contributed by atoms with Crippen molar-refractivity contribution in [1.29, 1.82) is 0 Å². The zero-order valence-corrected chi connectivity index (χ0v) is 11.0. The quantitative estimate of drug-likeness (QED) is 0.894. The van der Waals surface area contributed by atoms with Crippen LogP contribution < -0.4 is 10.2 Å². The van der Waals surface area contributed by atoms with Gasteiger partial charge in [-0.1, -0.05) is 0 Å². The van der Waals surface area contributed by atoms with Gasteiger partial charge in [-0.15, -0.1) is 0 Å². The maximum atomic E-state index is 4.00. The third-order valence-electron chi connectivity index (χ3n) is 2.82. The Morgan fingerprint density at radius 1 is 1.17 bits per heavy atom. The van der Waals surface area contributed by atoms with Crippen molar-refractivity contribution in [1.82, 2.24) is 9.97 Å². The Hall–Kier alpha value is -2.10. The Balaban J connectivity index is 2.06. The molecule has 0 saturated heterocycles. The molecule has 2 aromatic rings. The van der Waals surface area contributed by atoms with E-state index in [1.807, 2.05) is 26.5 Å². The molecule has 0 saturated carbocycles. The normalized spacial score (nSPS) is 10.2. The molecule has 2 rings (SSSR count). The van der Waals surface area contributed by atoms with Gasteiger partial charge in [0.05, 0.1) is 0 Å². The minimum absolute atomic E-state index is 0.739. The largest absolute Gasteiger partial charge is 0.381 e. The summed E-state index contributed by atoms with van der Waals surface area (Å²) in [5.74, 6) is 0. The Morgan fingerprint density at radius 3 is 2.50 bits per heavy atom. The summed E-state index contributed by atoms with van der Waals surface area (Å²) in [4.78, 5) is 10.1. The van der Waals surface area contributed by atoms with Crippen LogP contribution in [0, 0.1) is 6.92 Å². The number of hydrogen-bond donors (Lipinski definition) is 1. The first-order valence-corrected chi connectivity index (χ1v) is 5.92. The summed E-state index contributed by atoms with van der Waals surface area (Å²) in [7, 11) is 4.09. The van der Waals surface area contributed by atoms with Gasteiger partial charge in [0.15, 0.2) is 0 Å². The summed E-state index contributed by atoms with van der Waals surface area (Å²) in [6, 6.07) is 6.38. The van der Waals surface area contributed by atoms with E-state index in [0.29, 0.717) is 0 Å². The minimum atomic E-state index is 0.739. The van der Waals surface area contributed by atoms with Crippen molar-refractivity contribution >= 4 is 11.4 Å². The molecule has 4 heteroatoms. The Bertz CT molecular complexity index is 508. The summed E-state index contributed by atoms with van der Waals surface area (Å²) >= 11 is 0. The van der Waals surface area contributed by atoms with E-state index < -0.39 is 0 Å². The van der Waals surface area contributed by atoms with Crippen LogP contribution in [0.2, 0.25) is 0 Å². The molecule has 0 aliphatic heterocycles. The Morgan fingerprint density at radius 2 is 1.89 bits per heavy atom. The van der Waals surface area contributed by atoms with Crippen molar-refractivity contribution in [3.63, 3.8) is 0 Å². The van der Waals surface area contributed by atoms with E-state index in [4.69, 9.17) is 0 Å². The molecular formula is C14H18N4. The van der Waals surface area contributed by atoms with Gasteiger partial charge in [-0.2, -0.15) is 0 Å². The zero-order valence-electron chi connectivity index (χ0n) is 11.0. The van der Waals surface area contributed by atoms with Crippen molar-refractivity contribution in [2.75, 3.05) is 24.3 Å². The maximum absolute atomic E-state index is 4.00. The Kier molecular flexibility index (Phi) is 3.77. The van der Waals surface area contributed by atoms with E-state index in [-0.39, 0.29) is 0 Å². The van der Waals surface area contributed by atoms with Gasteiger partial charge in [-0.3, -0.25) is 0 Å². The van der Waals surface area contributed by atoms with E-state index >= 15 is 0 Å². The Labute approximate surface area is 108 Å². The topological polar surface area (TPSA) is 41.0 Å². The molecule has 1 heterocycles.